The summed E-state index contributed by atoms with van der Waals surface area (Å²) in [4.78, 5) is 27.4. The molecule has 1 fully saturated rings. The van der Waals surface area contributed by atoms with Gasteiger partial charge in [0.1, 0.15) is 6.04 Å². The Balaban J connectivity index is 1.73. The first-order chi connectivity index (χ1) is 10.2. The van der Waals surface area contributed by atoms with Crippen molar-refractivity contribution in [1.82, 2.24) is 4.90 Å². The highest BCUT2D eigenvalue weighted by atomic mass is 16.4. The van der Waals surface area contributed by atoms with Crippen molar-refractivity contribution in [2.24, 2.45) is 0 Å². The summed E-state index contributed by atoms with van der Waals surface area (Å²) in [6.45, 7) is 1.62. The molecule has 0 spiro atoms. The van der Waals surface area contributed by atoms with Crippen molar-refractivity contribution in [2.45, 2.75) is 31.7 Å². The standard InChI is InChI=1S/C16H20N2O3/c19-15(11-17-9-4-8-14(17)16(20)21)18-10-3-6-12-5-1-2-7-13(12)18/h1-2,5,7,14H,3-4,6,8-11H2,(H,20,21)/t14-/m1/s1. The Morgan fingerprint density at radius 1 is 1.19 bits per heavy atom. The fraction of sp³-hybridized carbons (Fsp3) is 0.500. The molecule has 2 aliphatic heterocycles. The average Bonchev–Trinajstić information content (AvgIpc) is 2.95. The lowest BCUT2D eigenvalue weighted by Gasteiger charge is -2.31. The molecule has 1 atom stereocenters. The van der Waals surface area contributed by atoms with Gasteiger partial charge in [-0.1, -0.05) is 18.2 Å². The van der Waals surface area contributed by atoms with Crippen molar-refractivity contribution in [3.8, 4) is 0 Å². The van der Waals surface area contributed by atoms with Gasteiger partial charge >= 0.3 is 5.97 Å². The van der Waals surface area contributed by atoms with Crippen molar-refractivity contribution in [3.63, 3.8) is 0 Å². The zero-order chi connectivity index (χ0) is 14.8. The smallest absolute Gasteiger partial charge is 0.320 e. The number of hydrogen-bond acceptors (Lipinski definition) is 3. The number of likely N-dealkylation sites (tertiary alicyclic amines) is 1. The van der Waals surface area contributed by atoms with Crippen LogP contribution in [0.2, 0.25) is 0 Å². The van der Waals surface area contributed by atoms with E-state index >= 15 is 0 Å². The minimum absolute atomic E-state index is 0.00954. The number of rotatable bonds is 3. The number of amides is 1. The molecule has 0 saturated carbocycles. The Morgan fingerprint density at radius 3 is 2.81 bits per heavy atom. The van der Waals surface area contributed by atoms with Crippen LogP contribution in [0.15, 0.2) is 24.3 Å². The number of hydrogen-bond donors (Lipinski definition) is 1. The number of carbonyl (C=O) groups is 2. The van der Waals surface area contributed by atoms with Crippen molar-refractivity contribution in [2.75, 3.05) is 24.5 Å². The molecule has 5 nitrogen and oxygen atoms in total. The summed E-state index contributed by atoms with van der Waals surface area (Å²) in [6.07, 6.45) is 3.45. The first kappa shape index (κ1) is 14.1. The minimum atomic E-state index is -0.820. The molecule has 0 unspecified atom stereocenters. The van der Waals surface area contributed by atoms with Gasteiger partial charge in [0.25, 0.3) is 0 Å². The van der Waals surface area contributed by atoms with Crippen LogP contribution in [0.5, 0.6) is 0 Å². The average molecular weight is 288 g/mol. The van der Waals surface area contributed by atoms with E-state index in [1.165, 1.54) is 5.56 Å². The molecule has 2 aliphatic rings. The summed E-state index contributed by atoms with van der Waals surface area (Å²) >= 11 is 0. The molecule has 0 radical (unpaired) electrons. The molecule has 2 heterocycles. The van der Waals surface area contributed by atoms with Gasteiger partial charge in [-0.05, 0) is 43.9 Å². The summed E-state index contributed by atoms with van der Waals surface area (Å²) in [5, 5.41) is 9.20. The molecule has 1 saturated heterocycles. The SMILES string of the molecule is O=C(O)[C@H]1CCCN1CC(=O)N1CCCc2ccccc21. The zero-order valence-corrected chi connectivity index (χ0v) is 12.0. The molecule has 5 heteroatoms. The van der Waals surface area contributed by atoms with Gasteiger partial charge in [-0.2, -0.15) is 0 Å². The molecule has 1 N–H and O–H groups in total. The molecule has 3 rings (SSSR count). The van der Waals surface area contributed by atoms with Crippen LogP contribution in [0.1, 0.15) is 24.8 Å². The lowest BCUT2D eigenvalue weighted by molar-refractivity contribution is -0.142. The van der Waals surface area contributed by atoms with Gasteiger partial charge in [0, 0.05) is 12.2 Å². The third kappa shape index (κ3) is 2.78. The number of fused-ring (bicyclic) bond motifs is 1. The number of para-hydroxylation sites is 1. The Kier molecular flexibility index (Phi) is 3.92. The normalized spacial score (nSPS) is 22.1. The third-order valence-corrected chi connectivity index (χ3v) is 4.40. The van der Waals surface area contributed by atoms with Crippen molar-refractivity contribution < 1.29 is 14.7 Å². The maximum absolute atomic E-state index is 12.6. The summed E-state index contributed by atoms with van der Waals surface area (Å²) in [7, 11) is 0. The molecular formula is C16H20N2O3. The highest BCUT2D eigenvalue weighted by molar-refractivity contribution is 5.96. The van der Waals surface area contributed by atoms with E-state index in [4.69, 9.17) is 0 Å². The zero-order valence-electron chi connectivity index (χ0n) is 12.0. The summed E-state index contributed by atoms with van der Waals surface area (Å²) in [6, 6.07) is 7.47. The van der Waals surface area contributed by atoms with Crippen LogP contribution in [-0.2, 0) is 16.0 Å². The van der Waals surface area contributed by atoms with E-state index in [2.05, 4.69) is 6.07 Å². The van der Waals surface area contributed by atoms with Crippen LogP contribution in [0.25, 0.3) is 0 Å². The fourth-order valence-electron chi connectivity index (χ4n) is 3.35. The summed E-state index contributed by atoms with van der Waals surface area (Å²) in [5.74, 6) is -0.811. The second kappa shape index (κ2) is 5.85. The van der Waals surface area contributed by atoms with E-state index in [1.807, 2.05) is 23.1 Å². The molecule has 1 amide bonds. The van der Waals surface area contributed by atoms with Crippen molar-refractivity contribution >= 4 is 17.6 Å². The summed E-state index contributed by atoms with van der Waals surface area (Å²) in [5.41, 5.74) is 2.19. The largest absolute Gasteiger partial charge is 0.480 e. The van der Waals surface area contributed by atoms with Gasteiger partial charge in [0.05, 0.1) is 6.54 Å². The molecule has 1 aromatic rings. The molecule has 112 valence electrons. The number of aliphatic carboxylic acids is 1. The van der Waals surface area contributed by atoms with Crippen molar-refractivity contribution in [1.29, 1.82) is 0 Å². The molecule has 0 aromatic heterocycles. The third-order valence-electron chi connectivity index (χ3n) is 4.40. The lowest BCUT2D eigenvalue weighted by Crippen LogP contribution is -2.46. The van der Waals surface area contributed by atoms with Crippen LogP contribution >= 0.6 is 0 Å². The fourth-order valence-corrected chi connectivity index (χ4v) is 3.35. The molecule has 0 bridgehead atoms. The van der Waals surface area contributed by atoms with E-state index < -0.39 is 12.0 Å². The first-order valence-corrected chi connectivity index (χ1v) is 7.52. The van der Waals surface area contributed by atoms with E-state index in [1.54, 1.807) is 4.90 Å². The van der Waals surface area contributed by atoms with E-state index in [-0.39, 0.29) is 12.5 Å². The number of carbonyl (C=O) groups excluding carboxylic acids is 1. The summed E-state index contributed by atoms with van der Waals surface area (Å²) < 4.78 is 0. The number of carboxylic acids is 1. The first-order valence-electron chi connectivity index (χ1n) is 7.52. The van der Waals surface area contributed by atoms with Crippen LogP contribution < -0.4 is 4.90 Å². The second-order valence-corrected chi connectivity index (χ2v) is 5.74. The highest BCUT2D eigenvalue weighted by Gasteiger charge is 2.33. The molecular weight excluding hydrogens is 268 g/mol. The van der Waals surface area contributed by atoms with Gasteiger partial charge in [-0.15, -0.1) is 0 Å². The van der Waals surface area contributed by atoms with E-state index in [0.717, 1.165) is 31.5 Å². The van der Waals surface area contributed by atoms with Gasteiger partial charge < -0.3 is 10.0 Å². The second-order valence-electron chi connectivity index (χ2n) is 5.74. The van der Waals surface area contributed by atoms with E-state index in [0.29, 0.717) is 13.0 Å². The maximum atomic E-state index is 12.6. The number of nitrogens with zero attached hydrogens (tertiary/aromatic N) is 2. The Hall–Kier alpha value is -1.88. The number of anilines is 1. The lowest BCUT2D eigenvalue weighted by atomic mass is 10.0. The van der Waals surface area contributed by atoms with Crippen LogP contribution in [0.4, 0.5) is 5.69 Å². The molecule has 21 heavy (non-hydrogen) atoms. The van der Waals surface area contributed by atoms with Gasteiger partial charge in [0.2, 0.25) is 5.91 Å². The van der Waals surface area contributed by atoms with Gasteiger partial charge in [-0.3, -0.25) is 14.5 Å². The quantitative estimate of drug-likeness (QED) is 0.916. The molecule has 0 aliphatic carbocycles. The highest BCUT2D eigenvalue weighted by Crippen LogP contribution is 2.27. The predicted molar refractivity (Wildman–Crippen MR) is 79.3 cm³/mol. The van der Waals surface area contributed by atoms with Crippen LogP contribution in [-0.4, -0.2) is 47.6 Å². The Labute approximate surface area is 124 Å². The van der Waals surface area contributed by atoms with Crippen LogP contribution in [0.3, 0.4) is 0 Å². The minimum Gasteiger partial charge on any atom is -0.480 e. The van der Waals surface area contributed by atoms with Gasteiger partial charge in [-0.25, -0.2) is 0 Å². The number of aryl methyl sites for hydroxylation is 1. The van der Waals surface area contributed by atoms with Crippen LogP contribution in [0, 0.1) is 0 Å². The number of carboxylic acid groups (broad SMARTS) is 1. The monoisotopic (exact) mass is 288 g/mol. The predicted octanol–water partition coefficient (Wildman–Crippen LogP) is 1.51. The van der Waals surface area contributed by atoms with E-state index in [9.17, 15) is 14.7 Å². The Bertz CT molecular complexity index is 558. The Morgan fingerprint density at radius 2 is 2.00 bits per heavy atom. The number of benzene rings is 1. The van der Waals surface area contributed by atoms with Gasteiger partial charge in [0.15, 0.2) is 0 Å². The topological polar surface area (TPSA) is 60.9 Å². The van der Waals surface area contributed by atoms with Crippen molar-refractivity contribution in [3.05, 3.63) is 29.8 Å². The molecule has 1 aromatic carbocycles. The maximum Gasteiger partial charge on any atom is 0.320 e.